The van der Waals surface area contributed by atoms with Crippen LogP contribution in [-0.4, -0.2) is 23.9 Å². The molecule has 0 spiro atoms. The minimum absolute atomic E-state index is 0.193. The van der Waals surface area contributed by atoms with Gasteiger partial charge in [-0.05, 0) is 42.9 Å². The van der Waals surface area contributed by atoms with Crippen molar-refractivity contribution in [3.8, 4) is 0 Å². The summed E-state index contributed by atoms with van der Waals surface area (Å²) in [5.74, 6) is 0.768. The average Bonchev–Trinajstić information content (AvgIpc) is 2.91. The molecule has 92 valence electrons. The Hall–Kier alpha value is -1.31. The first-order valence-corrected chi connectivity index (χ1v) is 6.61. The maximum absolute atomic E-state index is 12.1. The van der Waals surface area contributed by atoms with Crippen LogP contribution >= 0.6 is 0 Å². The molecule has 0 saturated carbocycles. The zero-order valence-corrected chi connectivity index (χ0v) is 10.8. The third kappa shape index (κ3) is 2.68. The van der Waals surface area contributed by atoms with Crippen LogP contribution in [0.25, 0.3) is 0 Å². The SMILES string of the molecule is CCC(C)c1ccc(C(=O)N2CCCC2)cc1. The maximum atomic E-state index is 12.1. The Kier molecular flexibility index (Phi) is 3.82. The summed E-state index contributed by atoms with van der Waals surface area (Å²) in [5, 5.41) is 0. The van der Waals surface area contributed by atoms with Crippen molar-refractivity contribution >= 4 is 5.91 Å². The Morgan fingerprint density at radius 3 is 2.35 bits per heavy atom. The molecule has 0 bridgehead atoms. The van der Waals surface area contributed by atoms with Gasteiger partial charge < -0.3 is 4.90 Å². The summed E-state index contributed by atoms with van der Waals surface area (Å²) in [5.41, 5.74) is 2.16. The van der Waals surface area contributed by atoms with Gasteiger partial charge in [-0.1, -0.05) is 26.0 Å². The van der Waals surface area contributed by atoms with Gasteiger partial charge in [0.25, 0.3) is 5.91 Å². The number of carbonyl (C=O) groups excluding carboxylic acids is 1. The number of carbonyl (C=O) groups is 1. The number of benzene rings is 1. The van der Waals surface area contributed by atoms with Crippen LogP contribution in [0.4, 0.5) is 0 Å². The van der Waals surface area contributed by atoms with Crippen LogP contribution in [0, 0.1) is 0 Å². The van der Waals surface area contributed by atoms with E-state index in [1.54, 1.807) is 0 Å². The van der Waals surface area contributed by atoms with Crippen molar-refractivity contribution in [1.82, 2.24) is 4.90 Å². The molecular formula is C15H21NO. The molecule has 1 aromatic carbocycles. The van der Waals surface area contributed by atoms with Crippen molar-refractivity contribution in [1.29, 1.82) is 0 Å². The summed E-state index contributed by atoms with van der Waals surface area (Å²) < 4.78 is 0. The average molecular weight is 231 g/mol. The van der Waals surface area contributed by atoms with Gasteiger partial charge in [-0.25, -0.2) is 0 Å². The predicted octanol–water partition coefficient (Wildman–Crippen LogP) is 3.44. The molecule has 2 nitrogen and oxygen atoms in total. The highest BCUT2D eigenvalue weighted by molar-refractivity contribution is 5.94. The molecule has 1 atom stereocenters. The first-order chi connectivity index (χ1) is 8.22. The molecule has 1 amide bonds. The molecule has 2 heteroatoms. The van der Waals surface area contributed by atoms with E-state index in [2.05, 4.69) is 26.0 Å². The number of likely N-dealkylation sites (tertiary alicyclic amines) is 1. The summed E-state index contributed by atoms with van der Waals surface area (Å²) >= 11 is 0. The van der Waals surface area contributed by atoms with Crippen LogP contribution in [0.5, 0.6) is 0 Å². The fraction of sp³-hybridized carbons (Fsp3) is 0.533. The molecule has 0 radical (unpaired) electrons. The molecule has 2 rings (SSSR count). The predicted molar refractivity (Wildman–Crippen MR) is 70.3 cm³/mol. The summed E-state index contributed by atoms with van der Waals surface area (Å²) in [4.78, 5) is 14.1. The number of hydrogen-bond donors (Lipinski definition) is 0. The second kappa shape index (κ2) is 5.35. The van der Waals surface area contributed by atoms with Gasteiger partial charge in [-0.15, -0.1) is 0 Å². The standard InChI is InChI=1S/C15H21NO/c1-3-12(2)13-6-8-14(9-7-13)15(17)16-10-4-5-11-16/h6-9,12H,3-5,10-11H2,1-2H3. The summed E-state index contributed by atoms with van der Waals surface area (Å²) in [6.07, 6.45) is 3.44. The van der Waals surface area contributed by atoms with Gasteiger partial charge in [0.1, 0.15) is 0 Å². The van der Waals surface area contributed by atoms with E-state index in [0.29, 0.717) is 5.92 Å². The Morgan fingerprint density at radius 2 is 1.82 bits per heavy atom. The van der Waals surface area contributed by atoms with Crippen LogP contribution in [0.15, 0.2) is 24.3 Å². The van der Waals surface area contributed by atoms with E-state index in [0.717, 1.165) is 37.9 Å². The van der Waals surface area contributed by atoms with Gasteiger partial charge in [-0.2, -0.15) is 0 Å². The molecule has 1 unspecified atom stereocenters. The lowest BCUT2D eigenvalue weighted by Gasteiger charge is -2.16. The molecule has 0 aliphatic carbocycles. The van der Waals surface area contributed by atoms with Crippen LogP contribution < -0.4 is 0 Å². The van der Waals surface area contributed by atoms with Gasteiger partial charge in [0.05, 0.1) is 0 Å². The van der Waals surface area contributed by atoms with Gasteiger partial charge in [0, 0.05) is 18.7 Å². The topological polar surface area (TPSA) is 20.3 Å². The van der Waals surface area contributed by atoms with Crippen LogP contribution in [0.3, 0.4) is 0 Å². The molecule has 1 aromatic rings. The summed E-state index contributed by atoms with van der Waals surface area (Å²) in [6.45, 7) is 6.25. The summed E-state index contributed by atoms with van der Waals surface area (Å²) in [6, 6.07) is 8.14. The molecular weight excluding hydrogens is 210 g/mol. The van der Waals surface area contributed by atoms with E-state index in [-0.39, 0.29) is 5.91 Å². The first kappa shape index (κ1) is 12.2. The zero-order chi connectivity index (χ0) is 12.3. The monoisotopic (exact) mass is 231 g/mol. The van der Waals surface area contributed by atoms with Gasteiger partial charge >= 0.3 is 0 Å². The minimum atomic E-state index is 0.193. The van der Waals surface area contributed by atoms with Crippen molar-refractivity contribution in [3.63, 3.8) is 0 Å². The van der Waals surface area contributed by atoms with Crippen LogP contribution in [0.2, 0.25) is 0 Å². The fourth-order valence-corrected chi connectivity index (χ4v) is 2.29. The van der Waals surface area contributed by atoms with Gasteiger partial charge in [0.15, 0.2) is 0 Å². The Morgan fingerprint density at radius 1 is 1.24 bits per heavy atom. The van der Waals surface area contributed by atoms with Crippen molar-refractivity contribution < 1.29 is 4.79 Å². The molecule has 0 N–H and O–H groups in total. The zero-order valence-electron chi connectivity index (χ0n) is 10.8. The lowest BCUT2D eigenvalue weighted by molar-refractivity contribution is 0.0793. The van der Waals surface area contributed by atoms with E-state index in [1.165, 1.54) is 5.56 Å². The minimum Gasteiger partial charge on any atom is -0.339 e. The lowest BCUT2D eigenvalue weighted by Crippen LogP contribution is -2.27. The number of hydrogen-bond acceptors (Lipinski definition) is 1. The Labute approximate surface area is 104 Å². The van der Waals surface area contributed by atoms with E-state index < -0.39 is 0 Å². The second-order valence-corrected chi connectivity index (χ2v) is 4.93. The smallest absolute Gasteiger partial charge is 0.253 e. The van der Waals surface area contributed by atoms with Crippen molar-refractivity contribution in [2.24, 2.45) is 0 Å². The third-order valence-electron chi connectivity index (χ3n) is 3.73. The van der Waals surface area contributed by atoms with Crippen molar-refractivity contribution in [2.45, 2.75) is 39.0 Å². The summed E-state index contributed by atoms with van der Waals surface area (Å²) in [7, 11) is 0. The first-order valence-electron chi connectivity index (χ1n) is 6.61. The molecule has 1 saturated heterocycles. The van der Waals surface area contributed by atoms with Crippen molar-refractivity contribution in [3.05, 3.63) is 35.4 Å². The Balaban J connectivity index is 2.09. The van der Waals surface area contributed by atoms with Crippen molar-refractivity contribution in [2.75, 3.05) is 13.1 Å². The van der Waals surface area contributed by atoms with Gasteiger partial charge in [0.2, 0.25) is 0 Å². The highest BCUT2D eigenvalue weighted by Crippen LogP contribution is 2.20. The molecule has 1 aliphatic rings. The largest absolute Gasteiger partial charge is 0.339 e. The number of nitrogens with zero attached hydrogens (tertiary/aromatic N) is 1. The van der Waals surface area contributed by atoms with Crippen LogP contribution in [-0.2, 0) is 0 Å². The normalized spacial score (nSPS) is 17.2. The van der Waals surface area contributed by atoms with E-state index in [4.69, 9.17) is 0 Å². The van der Waals surface area contributed by atoms with E-state index in [1.807, 2.05) is 17.0 Å². The quantitative estimate of drug-likeness (QED) is 0.780. The lowest BCUT2D eigenvalue weighted by atomic mass is 9.97. The highest BCUT2D eigenvalue weighted by atomic mass is 16.2. The van der Waals surface area contributed by atoms with Gasteiger partial charge in [-0.3, -0.25) is 4.79 Å². The van der Waals surface area contributed by atoms with Crippen LogP contribution in [0.1, 0.15) is 54.9 Å². The molecule has 0 aromatic heterocycles. The fourth-order valence-electron chi connectivity index (χ4n) is 2.29. The molecule has 17 heavy (non-hydrogen) atoms. The molecule has 1 aliphatic heterocycles. The maximum Gasteiger partial charge on any atom is 0.253 e. The van der Waals surface area contributed by atoms with E-state index >= 15 is 0 Å². The third-order valence-corrected chi connectivity index (χ3v) is 3.73. The molecule has 1 fully saturated rings. The number of amides is 1. The van der Waals surface area contributed by atoms with E-state index in [9.17, 15) is 4.79 Å². The molecule has 1 heterocycles. The Bertz CT molecular complexity index is 376. The highest BCUT2D eigenvalue weighted by Gasteiger charge is 2.19. The number of rotatable bonds is 3. The second-order valence-electron chi connectivity index (χ2n) is 4.93.